The van der Waals surface area contributed by atoms with E-state index in [1.54, 1.807) is 0 Å². The molecule has 1 amide bonds. The van der Waals surface area contributed by atoms with Crippen LogP contribution in [0.2, 0.25) is 0 Å². The number of hydrogen-bond donors (Lipinski definition) is 4. The summed E-state index contributed by atoms with van der Waals surface area (Å²) in [5.74, 6) is -1.89. The fraction of sp³-hybridized carbons (Fsp3) is 0.429. The van der Waals surface area contributed by atoms with Crippen LogP contribution in [0.3, 0.4) is 0 Å². The Morgan fingerprint density at radius 2 is 2.00 bits per heavy atom. The number of ether oxygens (including phenoxy) is 1. The molecular weight excluding hydrogens is 322 g/mol. The molecule has 0 fully saturated rings. The molecule has 132 valence electrons. The molecule has 10 nitrogen and oxygen atoms in total. The van der Waals surface area contributed by atoms with Gasteiger partial charge in [-0.3, -0.25) is 19.7 Å². The fourth-order valence-electron chi connectivity index (χ4n) is 1.84. The van der Waals surface area contributed by atoms with Crippen LogP contribution in [-0.2, 0) is 14.3 Å². The maximum Gasteiger partial charge on any atom is 0.321 e. The van der Waals surface area contributed by atoms with Gasteiger partial charge in [0.05, 0.1) is 31.2 Å². The van der Waals surface area contributed by atoms with Gasteiger partial charge in [-0.05, 0) is 6.07 Å². The van der Waals surface area contributed by atoms with Crippen LogP contribution in [0.15, 0.2) is 24.3 Å². The molecule has 0 radical (unpaired) electrons. The second kappa shape index (κ2) is 10.3. The first-order valence-corrected chi connectivity index (χ1v) is 7.13. The van der Waals surface area contributed by atoms with Crippen molar-refractivity contribution in [2.75, 3.05) is 31.7 Å². The van der Waals surface area contributed by atoms with Gasteiger partial charge >= 0.3 is 5.97 Å². The Bertz CT molecular complexity index is 579. The quantitative estimate of drug-likeness (QED) is 0.249. The van der Waals surface area contributed by atoms with Crippen molar-refractivity contribution >= 4 is 23.3 Å². The molecule has 0 spiro atoms. The van der Waals surface area contributed by atoms with Crippen molar-refractivity contribution in [1.29, 1.82) is 0 Å². The second-order valence-corrected chi connectivity index (χ2v) is 4.71. The van der Waals surface area contributed by atoms with E-state index in [2.05, 4.69) is 10.6 Å². The summed E-state index contributed by atoms with van der Waals surface area (Å²) >= 11 is 0. The van der Waals surface area contributed by atoms with Gasteiger partial charge in [0.25, 0.3) is 5.69 Å². The Balaban J connectivity index is 2.57. The summed E-state index contributed by atoms with van der Waals surface area (Å²) in [6.45, 7) is 0.351. The Morgan fingerprint density at radius 1 is 1.29 bits per heavy atom. The number of aliphatic hydroxyl groups excluding tert-OH is 1. The summed E-state index contributed by atoms with van der Waals surface area (Å²) in [7, 11) is 0. The van der Waals surface area contributed by atoms with E-state index in [4.69, 9.17) is 14.9 Å². The Kier molecular flexibility index (Phi) is 8.33. The van der Waals surface area contributed by atoms with Crippen molar-refractivity contribution in [3.63, 3.8) is 0 Å². The number of carboxylic acids is 1. The SMILES string of the molecule is O=C(CC(NCCOCCO)C(=O)O)Nc1ccccc1[N+](=O)[O-]. The van der Waals surface area contributed by atoms with Crippen LogP contribution in [0.4, 0.5) is 11.4 Å². The van der Waals surface area contributed by atoms with Crippen LogP contribution < -0.4 is 10.6 Å². The van der Waals surface area contributed by atoms with Gasteiger partial charge in [-0.2, -0.15) is 0 Å². The second-order valence-electron chi connectivity index (χ2n) is 4.71. The first-order valence-electron chi connectivity index (χ1n) is 7.13. The van der Waals surface area contributed by atoms with E-state index in [-0.39, 0.29) is 37.7 Å². The lowest BCUT2D eigenvalue weighted by molar-refractivity contribution is -0.383. The lowest BCUT2D eigenvalue weighted by Gasteiger charge is -2.14. The smallest absolute Gasteiger partial charge is 0.321 e. The van der Waals surface area contributed by atoms with Crippen LogP contribution in [0, 0.1) is 10.1 Å². The Morgan fingerprint density at radius 3 is 2.62 bits per heavy atom. The maximum absolute atomic E-state index is 11.9. The number of nitrogens with zero attached hydrogens (tertiary/aromatic N) is 1. The number of carbonyl (C=O) groups excluding carboxylic acids is 1. The molecular formula is C14H19N3O7. The molecule has 0 heterocycles. The molecule has 10 heteroatoms. The van der Waals surface area contributed by atoms with Gasteiger partial charge in [0, 0.05) is 12.6 Å². The standard InChI is InChI=1S/C14H19N3O7/c18-6-8-24-7-5-15-11(14(20)21)9-13(19)16-10-3-1-2-4-12(10)17(22)23/h1-4,11,15,18H,5-9H2,(H,16,19)(H,20,21). The highest BCUT2D eigenvalue weighted by Gasteiger charge is 2.22. The third-order valence-electron chi connectivity index (χ3n) is 2.94. The Labute approximate surface area is 137 Å². The van der Waals surface area contributed by atoms with Crippen LogP contribution in [0.25, 0.3) is 0 Å². The molecule has 4 N–H and O–H groups in total. The molecule has 0 saturated carbocycles. The number of nitrogens with one attached hydrogen (secondary N) is 2. The number of aliphatic carboxylic acids is 1. The molecule has 1 atom stereocenters. The van der Waals surface area contributed by atoms with Crippen LogP contribution in [0.1, 0.15) is 6.42 Å². The molecule has 24 heavy (non-hydrogen) atoms. The van der Waals surface area contributed by atoms with Gasteiger partial charge in [-0.15, -0.1) is 0 Å². The maximum atomic E-state index is 11.9. The van der Waals surface area contributed by atoms with Crippen LogP contribution in [-0.4, -0.2) is 59.4 Å². The first-order chi connectivity index (χ1) is 11.5. The van der Waals surface area contributed by atoms with E-state index in [0.717, 1.165) is 0 Å². The minimum absolute atomic E-state index is 0.00270. The highest BCUT2D eigenvalue weighted by molar-refractivity contribution is 5.95. The minimum Gasteiger partial charge on any atom is -0.480 e. The van der Waals surface area contributed by atoms with Gasteiger partial charge in [-0.25, -0.2) is 0 Å². The summed E-state index contributed by atoms with van der Waals surface area (Å²) in [5, 5.41) is 33.5. The predicted octanol–water partition coefficient (Wildman–Crippen LogP) is -0.0249. The number of hydrogen-bond acceptors (Lipinski definition) is 7. The fourth-order valence-corrected chi connectivity index (χ4v) is 1.84. The number of benzene rings is 1. The molecule has 1 rings (SSSR count). The summed E-state index contributed by atoms with van der Waals surface area (Å²) < 4.78 is 4.97. The third-order valence-corrected chi connectivity index (χ3v) is 2.94. The lowest BCUT2D eigenvalue weighted by Crippen LogP contribution is -2.41. The van der Waals surface area contributed by atoms with E-state index in [1.165, 1.54) is 24.3 Å². The summed E-state index contributed by atoms with van der Waals surface area (Å²) in [6.07, 6.45) is -0.401. The lowest BCUT2D eigenvalue weighted by atomic mass is 10.2. The molecule has 0 aliphatic carbocycles. The normalized spacial score (nSPS) is 11.7. The molecule has 1 aromatic rings. The summed E-state index contributed by atoms with van der Waals surface area (Å²) in [6, 6.07) is 4.42. The molecule has 0 aromatic heterocycles. The summed E-state index contributed by atoms with van der Waals surface area (Å²) in [4.78, 5) is 33.3. The van der Waals surface area contributed by atoms with Crippen molar-refractivity contribution in [1.82, 2.24) is 5.32 Å². The van der Waals surface area contributed by atoms with Crippen molar-refractivity contribution in [3.05, 3.63) is 34.4 Å². The minimum atomic E-state index is -1.23. The van der Waals surface area contributed by atoms with E-state index in [9.17, 15) is 19.7 Å². The zero-order chi connectivity index (χ0) is 17.9. The topological polar surface area (TPSA) is 151 Å². The zero-order valence-electron chi connectivity index (χ0n) is 12.8. The zero-order valence-corrected chi connectivity index (χ0v) is 12.8. The van der Waals surface area contributed by atoms with Crippen LogP contribution >= 0.6 is 0 Å². The first kappa shape index (κ1) is 19.5. The number of anilines is 1. The molecule has 1 unspecified atom stereocenters. The van der Waals surface area contributed by atoms with E-state index in [1.807, 2.05) is 0 Å². The highest BCUT2D eigenvalue weighted by Crippen LogP contribution is 2.23. The monoisotopic (exact) mass is 341 g/mol. The Hall–Kier alpha value is -2.56. The third kappa shape index (κ3) is 6.69. The van der Waals surface area contributed by atoms with Crippen molar-refractivity contribution in [2.24, 2.45) is 0 Å². The molecule has 1 aromatic carbocycles. The number of rotatable bonds is 11. The van der Waals surface area contributed by atoms with Gasteiger partial charge in [0.2, 0.25) is 5.91 Å². The highest BCUT2D eigenvalue weighted by atomic mass is 16.6. The molecule has 0 bridgehead atoms. The van der Waals surface area contributed by atoms with E-state index >= 15 is 0 Å². The number of nitro groups is 1. The number of amides is 1. The average molecular weight is 341 g/mol. The van der Waals surface area contributed by atoms with Crippen molar-refractivity contribution in [3.8, 4) is 0 Å². The summed E-state index contributed by atoms with van der Waals surface area (Å²) in [5.41, 5.74) is -0.272. The van der Waals surface area contributed by atoms with Gasteiger partial charge in [0.15, 0.2) is 0 Å². The number of para-hydroxylation sites is 2. The molecule has 0 aliphatic heterocycles. The number of aliphatic hydroxyl groups is 1. The van der Waals surface area contributed by atoms with Gasteiger partial charge in [-0.1, -0.05) is 12.1 Å². The van der Waals surface area contributed by atoms with Gasteiger partial charge < -0.3 is 25.6 Å². The number of carbonyl (C=O) groups is 2. The van der Waals surface area contributed by atoms with Crippen LogP contribution in [0.5, 0.6) is 0 Å². The van der Waals surface area contributed by atoms with E-state index < -0.39 is 29.3 Å². The largest absolute Gasteiger partial charge is 0.480 e. The van der Waals surface area contributed by atoms with E-state index in [0.29, 0.717) is 0 Å². The number of nitro benzene ring substituents is 1. The predicted molar refractivity (Wildman–Crippen MR) is 83.7 cm³/mol. The average Bonchev–Trinajstić information content (AvgIpc) is 2.53. The number of carboxylic acid groups (broad SMARTS) is 1. The van der Waals surface area contributed by atoms with Gasteiger partial charge in [0.1, 0.15) is 11.7 Å². The molecule has 0 aliphatic rings. The van der Waals surface area contributed by atoms with Crippen molar-refractivity contribution in [2.45, 2.75) is 12.5 Å². The molecule has 0 saturated heterocycles. The van der Waals surface area contributed by atoms with Crippen molar-refractivity contribution < 1.29 is 29.5 Å².